The van der Waals surface area contributed by atoms with Gasteiger partial charge in [0.15, 0.2) is 0 Å². The van der Waals surface area contributed by atoms with Gasteiger partial charge in [-0.05, 0) is 49.1 Å². The zero-order valence-corrected chi connectivity index (χ0v) is 20.7. The largest absolute Gasteiger partial charge is 0.377 e. The van der Waals surface area contributed by atoms with Crippen LogP contribution in [0.5, 0.6) is 0 Å². The van der Waals surface area contributed by atoms with Gasteiger partial charge in [-0.2, -0.15) is 0 Å². The number of hydrogen-bond donors (Lipinski definition) is 1. The fourth-order valence-corrected chi connectivity index (χ4v) is 3.81. The number of anilines is 2. The first-order valence-corrected chi connectivity index (χ1v) is 11.7. The molecule has 0 spiro atoms. The molecule has 2 aromatic carbocycles. The van der Waals surface area contributed by atoms with Crippen LogP contribution in [0.1, 0.15) is 64.5 Å². The van der Waals surface area contributed by atoms with E-state index in [1.807, 2.05) is 81.4 Å². The number of nitrogens with one attached hydrogen (secondary N) is 1. The molecule has 1 N–H and O–H groups in total. The molecule has 0 bridgehead atoms. The average molecular weight is 438 g/mol. The van der Waals surface area contributed by atoms with Gasteiger partial charge in [-0.3, -0.25) is 9.59 Å². The van der Waals surface area contributed by atoms with Crippen LogP contribution in [0.4, 0.5) is 11.4 Å². The highest BCUT2D eigenvalue weighted by molar-refractivity contribution is 5.92. The summed E-state index contributed by atoms with van der Waals surface area (Å²) < 4.78 is 0. The van der Waals surface area contributed by atoms with E-state index in [-0.39, 0.29) is 29.7 Å². The average Bonchev–Trinajstić information content (AvgIpc) is 2.77. The van der Waals surface area contributed by atoms with Crippen LogP contribution in [0.3, 0.4) is 0 Å². The Morgan fingerprint density at radius 1 is 0.938 bits per heavy atom. The molecule has 0 aliphatic heterocycles. The molecule has 2 rings (SSSR count). The van der Waals surface area contributed by atoms with Crippen LogP contribution in [-0.4, -0.2) is 36.9 Å². The van der Waals surface area contributed by atoms with Gasteiger partial charge < -0.3 is 15.1 Å². The van der Waals surface area contributed by atoms with Crippen molar-refractivity contribution in [2.75, 3.05) is 24.3 Å². The Kier molecular flexibility index (Phi) is 9.30. The van der Waals surface area contributed by atoms with Crippen molar-refractivity contribution in [3.8, 4) is 0 Å². The van der Waals surface area contributed by atoms with E-state index in [0.717, 1.165) is 35.3 Å². The predicted molar refractivity (Wildman–Crippen MR) is 134 cm³/mol. The van der Waals surface area contributed by atoms with Gasteiger partial charge in [-0.1, -0.05) is 58.0 Å². The van der Waals surface area contributed by atoms with Crippen molar-refractivity contribution in [3.63, 3.8) is 0 Å². The van der Waals surface area contributed by atoms with Gasteiger partial charge in [-0.15, -0.1) is 0 Å². The Labute approximate surface area is 193 Å². The van der Waals surface area contributed by atoms with Crippen LogP contribution in [0.15, 0.2) is 48.5 Å². The molecule has 2 unspecified atom stereocenters. The number of rotatable bonds is 10. The third-order valence-electron chi connectivity index (χ3n) is 6.01. The summed E-state index contributed by atoms with van der Waals surface area (Å²) >= 11 is 0. The number of amides is 2. The molecular formula is C27H39N3O2. The monoisotopic (exact) mass is 437 g/mol. The number of nitrogens with zero attached hydrogens (tertiary/aromatic N) is 2. The first-order chi connectivity index (χ1) is 15.2. The molecule has 2 amide bonds. The van der Waals surface area contributed by atoms with Gasteiger partial charge in [0.2, 0.25) is 11.8 Å². The Morgan fingerprint density at radius 2 is 1.59 bits per heavy atom. The fraction of sp³-hybridized carbons (Fsp3) is 0.481. The lowest BCUT2D eigenvalue weighted by Gasteiger charge is -2.33. The highest BCUT2D eigenvalue weighted by atomic mass is 16.2. The van der Waals surface area contributed by atoms with Gasteiger partial charge in [-0.25, -0.2) is 0 Å². The molecule has 0 aliphatic rings. The molecule has 0 heterocycles. The van der Waals surface area contributed by atoms with Crippen molar-refractivity contribution >= 4 is 23.2 Å². The highest BCUT2D eigenvalue weighted by Crippen LogP contribution is 2.29. The topological polar surface area (TPSA) is 52.7 Å². The molecule has 0 radical (unpaired) electrons. The molecule has 0 aromatic heterocycles. The summed E-state index contributed by atoms with van der Waals surface area (Å²) in [6.45, 7) is 10.5. The highest BCUT2D eigenvalue weighted by Gasteiger charge is 2.28. The van der Waals surface area contributed by atoms with Crippen LogP contribution >= 0.6 is 0 Å². The molecule has 2 atom stereocenters. The van der Waals surface area contributed by atoms with Crippen LogP contribution in [-0.2, 0) is 16.1 Å². The van der Waals surface area contributed by atoms with E-state index in [2.05, 4.69) is 31.0 Å². The van der Waals surface area contributed by atoms with E-state index in [4.69, 9.17) is 0 Å². The minimum Gasteiger partial charge on any atom is -0.377 e. The Bertz CT molecular complexity index is 893. The van der Waals surface area contributed by atoms with Crippen molar-refractivity contribution in [1.29, 1.82) is 0 Å². The second-order valence-electron chi connectivity index (χ2n) is 8.98. The minimum atomic E-state index is -0.170. The lowest BCUT2D eigenvalue weighted by atomic mass is 9.94. The normalized spacial score (nSPS) is 12.9. The number of carbonyl (C=O) groups excluding carboxylic acids is 2. The maximum Gasteiger partial charge on any atom is 0.230 e. The summed E-state index contributed by atoms with van der Waals surface area (Å²) in [7, 11) is 4.00. The molecule has 0 fully saturated rings. The molecule has 174 valence electrons. The van der Waals surface area contributed by atoms with Crippen molar-refractivity contribution in [2.24, 2.45) is 5.92 Å². The molecule has 2 aromatic rings. The van der Waals surface area contributed by atoms with E-state index in [1.165, 1.54) is 0 Å². The van der Waals surface area contributed by atoms with Gasteiger partial charge in [0.05, 0.1) is 5.92 Å². The summed E-state index contributed by atoms with van der Waals surface area (Å²) in [4.78, 5) is 30.0. The molecular weight excluding hydrogens is 398 g/mol. The van der Waals surface area contributed by atoms with E-state index < -0.39 is 0 Å². The summed E-state index contributed by atoms with van der Waals surface area (Å²) in [5.74, 6) is -0.133. The van der Waals surface area contributed by atoms with Crippen molar-refractivity contribution in [1.82, 2.24) is 4.90 Å². The van der Waals surface area contributed by atoms with Crippen molar-refractivity contribution in [3.05, 3.63) is 59.7 Å². The molecule has 32 heavy (non-hydrogen) atoms. The quantitative estimate of drug-likeness (QED) is 0.521. The molecule has 5 heteroatoms. The summed E-state index contributed by atoms with van der Waals surface area (Å²) in [5.41, 5.74) is 3.88. The smallest absolute Gasteiger partial charge is 0.230 e. The lowest BCUT2D eigenvalue weighted by Crippen LogP contribution is -2.41. The Hall–Kier alpha value is -2.82. The van der Waals surface area contributed by atoms with Gasteiger partial charge in [0.1, 0.15) is 0 Å². The second-order valence-corrected chi connectivity index (χ2v) is 8.98. The van der Waals surface area contributed by atoms with Gasteiger partial charge >= 0.3 is 0 Å². The van der Waals surface area contributed by atoms with Crippen LogP contribution < -0.4 is 10.2 Å². The van der Waals surface area contributed by atoms with Crippen LogP contribution in [0.2, 0.25) is 0 Å². The predicted octanol–water partition coefficient (Wildman–Crippen LogP) is 5.67. The third kappa shape index (κ3) is 6.35. The fourth-order valence-electron chi connectivity index (χ4n) is 3.81. The zero-order valence-electron chi connectivity index (χ0n) is 20.7. The first kappa shape index (κ1) is 25.4. The molecule has 0 saturated heterocycles. The Balaban J connectivity index is 2.42. The van der Waals surface area contributed by atoms with Gasteiger partial charge in [0, 0.05) is 44.0 Å². The van der Waals surface area contributed by atoms with Gasteiger partial charge in [0.25, 0.3) is 0 Å². The maximum atomic E-state index is 13.8. The van der Waals surface area contributed by atoms with Crippen molar-refractivity contribution < 1.29 is 9.59 Å². The number of benzene rings is 2. The second kappa shape index (κ2) is 11.7. The summed E-state index contributed by atoms with van der Waals surface area (Å²) in [5, 5.41) is 2.99. The van der Waals surface area contributed by atoms with Crippen LogP contribution in [0, 0.1) is 5.92 Å². The van der Waals surface area contributed by atoms with Crippen LogP contribution in [0.25, 0.3) is 0 Å². The van der Waals surface area contributed by atoms with E-state index >= 15 is 0 Å². The standard InChI is InChI=1S/C27H39N3O2/c1-8-20(5)30(27(32)24(9-2)21-13-11-10-12-14-21)18-22-17-23(28-26(31)19(3)4)15-16-25(22)29(6)7/h10-17,19-20,24H,8-9,18H2,1-7H3,(H,28,31). The zero-order chi connectivity index (χ0) is 23.8. The summed E-state index contributed by atoms with van der Waals surface area (Å²) in [6.07, 6.45) is 1.62. The Morgan fingerprint density at radius 3 is 2.12 bits per heavy atom. The SMILES string of the molecule is CCC(C(=O)N(Cc1cc(NC(=O)C(C)C)ccc1N(C)C)C(C)CC)c1ccccc1. The molecule has 0 aliphatic carbocycles. The number of hydrogen-bond acceptors (Lipinski definition) is 3. The molecule has 5 nitrogen and oxygen atoms in total. The number of carbonyl (C=O) groups is 2. The molecule has 0 saturated carbocycles. The minimum absolute atomic E-state index is 0.0152. The van der Waals surface area contributed by atoms with E-state index in [9.17, 15) is 9.59 Å². The first-order valence-electron chi connectivity index (χ1n) is 11.7. The lowest BCUT2D eigenvalue weighted by molar-refractivity contribution is -0.135. The third-order valence-corrected chi connectivity index (χ3v) is 6.01. The van der Waals surface area contributed by atoms with E-state index in [1.54, 1.807) is 0 Å². The van der Waals surface area contributed by atoms with Crippen molar-refractivity contribution in [2.45, 2.75) is 66.0 Å². The van der Waals surface area contributed by atoms with E-state index in [0.29, 0.717) is 6.54 Å². The summed E-state index contributed by atoms with van der Waals surface area (Å²) in [6, 6.07) is 16.1. The maximum absolute atomic E-state index is 13.8.